The number of carbonyl (C=O) groups excluding carboxylic acids is 1. The van der Waals surface area contributed by atoms with Crippen LogP contribution in [0.5, 0.6) is 0 Å². The molecule has 0 fully saturated rings. The van der Waals surface area contributed by atoms with E-state index in [1.54, 1.807) is 23.0 Å². The summed E-state index contributed by atoms with van der Waals surface area (Å²) in [7, 11) is 0. The third kappa shape index (κ3) is 2.18. The number of benzene rings is 1. The smallest absolute Gasteiger partial charge is 0.214 e. The Bertz CT molecular complexity index is 604. The fourth-order valence-corrected chi connectivity index (χ4v) is 2.30. The lowest BCUT2D eigenvalue weighted by atomic mass is 10.0. The first-order chi connectivity index (χ1) is 8.54. The lowest BCUT2D eigenvalue weighted by Gasteiger charge is -2.08. The molecule has 1 aromatic heterocycles. The Morgan fingerprint density at radius 1 is 1.50 bits per heavy atom. The standard InChI is InChI=1S/C13H14BrN3O/c1-3-17-12(10(14)7-16-17)13(18)9-6-8(2)4-5-11(9)15/h4-7H,3,15H2,1-2H3. The van der Waals surface area contributed by atoms with E-state index in [-0.39, 0.29) is 5.78 Å². The van der Waals surface area contributed by atoms with Crippen LogP contribution >= 0.6 is 15.9 Å². The molecule has 0 atom stereocenters. The van der Waals surface area contributed by atoms with Crippen molar-refractivity contribution in [2.45, 2.75) is 20.4 Å². The molecule has 2 aromatic rings. The monoisotopic (exact) mass is 307 g/mol. The van der Waals surface area contributed by atoms with Gasteiger partial charge in [0.05, 0.1) is 10.7 Å². The van der Waals surface area contributed by atoms with Gasteiger partial charge in [0, 0.05) is 17.8 Å². The molecule has 0 aliphatic carbocycles. The summed E-state index contributed by atoms with van der Waals surface area (Å²) in [5.74, 6) is -0.109. The topological polar surface area (TPSA) is 60.9 Å². The first-order valence-electron chi connectivity index (χ1n) is 5.66. The van der Waals surface area contributed by atoms with Crippen LogP contribution in [0.1, 0.15) is 28.5 Å². The van der Waals surface area contributed by atoms with Crippen molar-refractivity contribution in [3.8, 4) is 0 Å². The van der Waals surface area contributed by atoms with Crippen LogP contribution in [0, 0.1) is 6.92 Å². The molecule has 0 spiro atoms. The lowest BCUT2D eigenvalue weighted by molar-refractivity contribution is 0.102. The second-order valence-electron chi connectivity index (χ2n) is 4.08. The first-order valence-corrected chi connectivity index (χ1v) is 6.46. The van der Waals surface area contributed by atoms with Gasteiger partial charge in [-0.3, -0.25) is 9.48 Å². The van der Waals surface area contributed by atoms with E-state index in [2.05, 4.69) is 21.0 Å². The van der Waals surface area contributed by atoms with E-state index in [0.717, 1.165) is 5.56 Å². The summed E-state index contributed by atoms with van der Waals surface area (Å²) in [6, 6.07) is 5.44. The molecule has 0 aliphatic rings. The van der Waals surface area contributed by atoms with Gasteiger partial charge in [0.1, 0.15) is 5.69 Å². The predicted molar refractivity (Wildman–Crippen MR) is 74.6 cm³/mol. The van der Waals surface area contributed by atoms with E-state index >= 15 is 0 Å². The number of nitrogens with two attached hydrogens (primary N) is 1. The van der Waals surface area contributed by atoms with E-state index in [9.17, 15) is 4.79 Å². The highest BCUT2D eigenvalue weighted by Gasteiger charge is 2.20. The number of rotatable bonds is 3. The number of carbonyl (C=O) groups is 1. The average Bonchev–Trinajstić information content (AvgIpc) is 2.72. The molecule has 1 heterocycles. The van der Waals surface area contributed by atoms with Crippen LogP contribution in [0.2, 0.25) is 0 Å². The molecule has 0 bridgehead atoms. The SMILES string of the molecule is CCn1ncc(Br)c1C(=O)c1cc(C)ccc1N. The molecule has 0 saturated heterocycles. The fraction of sp³-hybridized carbons (Fsp3) is 0.231. The Balaban J connectivity index is 2.54. The van der Waals surface area contributed by atoms with Crippen molar-refractivity contribution in [1.82, 2.24) is 9.78 Å². The molecule has 2 rings (SSSR count). The Morgan fingerprint density at radius 3 is 2.89 bits per heavy atom. The Kier molecular flexibility index (Phi) is 3.52. The zero-order valence-electron chi connectivity index (χ0n) is 10.3. The molecular weight excluding hydrogens is 294 g/mol. The maximum atomic E-state index is 12.5. The number of hydrogen-bond donors (Lipinski definition) is 1. The number of ketones is 1. The van der Waals surface area contributed by atoms with Crippen LogP contribution in [-0.2, 0) is 6.54 Å². The summed E-state index contributed by atoms with van der Waals surface area (Å²) >= 11 is 3.35. The molecule has 2 N–H and O–H groups in total. The van der Waals surface area contributed by atoms with Gasteiger partial charge in [0.2, 0.25) is 5.78 Å². The number of nitrogen functional groups attached to an aromatic ring is 1. The first kappa shape index (κ1) is 12.8. The summed E-state index contributed by atoms with van der Waals surface area (Å²) in [6.07, 6.45) is 1.63. The fourth-order valence-electron chi connectivity index (χ4n) is 1.82. The lowest BCUT2D eigenvalue weighted by Crippen LogP contribution is -2.13. The van der Waals surface area contributed by atoms with E-state index in [1.165, 1.54) is 0 Å². The molecule has 0 amide bonds. The van der Waals surface area contributed by atoms with Gasteiger partial charge in [0.25, 0.3) is 0 Å². The van der Waals surface area contributed by atoms with Crippen LogP contribution in [0.4, 0.5) is 5.69 Å². The molecule has 4 nitrogen and oxygen atoms in total. The van der Waals surface area contributed by atoms with Crippen LogP contribution in [0.25, 0.3) is 0 Å². The summed E-state index contributed by atoms with van der Waals surface area (Å²) < 4.78 is 2.35. The number of aryl methyl sites for hydroxylation is 2. The van der Waals surface area contributed by atoms with E-state index in [1.807, 2.05) is 19.9 Å². The highest BCUT2D eigenvalue weighted by atomic mass is 79.9. The highest BCUT2D eigenvalue weighted by molar-refractivity contribution is 9.10. The van der Waals surface area contributed by atoms with Gasteiger partial charge in [-0.05, 0) is 41.9 Å². The van der Waals surface area contributed by atoms with Crippen molar-refractivity contribution in [2.24, 2.45) is 0 Å². The maximum absolute atomic E-state index is 12.5. The molecule has 0 aliphatic heterocycles. The normalized spacial score (nSPS) is 10.6. The minimum atomic E-state index is -0.109. The van der Waals surface area contributed by atoms with Gasteiger partial charge in [-0.1, -0.05) is 11.6 Å². The van der Waals surface area contributed by atoms with Gasteiger partial charge in [-0.25, -0.2) is 0 Å². The van der Waals surface area contributed by atoms with Crippen molar-refractivity contribution in [2.75, 3.05) is 5.73 Å². The number of nitrogens with zero attached hydrogens (tertiary/aromatic N) is 2. The minimum absolute atomic E-state index is 0.109. The maximum Gasteiger partial charge on any atom is 0.214 e. The van der Waals surface area contributed by atoms with Crippen molar-refractivity contribution < 1.29 is 4.79 Å². The Labute approximate surface area is 114 Å². The van der Waals surface area contributed by atoms with Crippen molar-refractivity contribution >= 4 is 27.4 Å². The second-order valence-corrected chi connectivity index (χ2v) is 4.93. The van der Waals surface area contributed by atoms with Crippen molar-refractivity contribution in [1.29, 1.82) is 0 Å². The third-order valence-corrected chi connectivity index (χ3v) is 3.34. The summed E-state index contributed by atoms with van der Waals surface area (Å²) in [5, 5.41) is 4.14. The number of anilines is 1. The highest BCUT2D eigenvalue weighted by Crippen LogP contribution is 2.23. The Hall–Kier alpha value is -1.62. The van der Waals surface area contributed by atoms with Gasteiger partial charge in [-0.2, -0.15) is 5.10 Å². The summed E-state index contributed by atoms with van der Waals surface area (Å²) in [4.78, 5) is 12.5. The van der Waals surface area contributed by atoms with Crippen LogP contribution in [0.15, 0.2) is 28.9 Å². The Morgan fingerprint density at radius 2 is 2.22 bits per heavy atom. The molecule has 94 valence electrons. The third-order valence-electron chi connectivity index (χ3n) is 2.76. The van der Waals surface area contributed by atoms with Gasteiger partial charge in [-0.15, -0.1) is 0 Å². The molecule has 0 saturated carbocycles. The molecule has 18 heavy (non-hydrogen) atoms. The molecule has 5 heteroatoms. The summed E-state index contributed by atoms with van der Waals surface area (Å²) in [5.41, 5.74) is 8.42. The van der Waals surface area contributed by atoms with Crippen LogP contribution in [-0.4, -0.2) is 15.6 Å². The molecule has 0 radical (unpaired) electrons. The van der Waals surface area contributed by atoms with E-state index < -0.39 is 0 Å². The van der Waals surface area contributed by atoms with Crippen molar-refractivity contribution in [3.63, 3.8) is 0 Å². The van der Waals surface area contributed by atoms with Gasteiger partial charge < -0.3 is 5.73 Å². The van der Waals surface area contributed by atoms with Crippen LogP contribution < -0.4 is 5.73 Å². The number of aromatic nitrogens is 2. The number of halogens is 1. The van der Waals surface area contributed by atoms with Gasteiger partial charge >= 0.3 is 0 Å². The minimum Gasteiger partial charge on any atom is -0.398 e. The van der Waals surface area contributed by atoms with E-state index in [0.29, 0.717) is 28.0 Å². The zero-order valence-corrected chi connectivity index (χ0v) is 11.9. The predicted octanol–water partition coefficient (Wildman–Crippen LogP) is 2.79. The molecular formula is C13H14BrN3O. The zero-order chi connectivity index (χ0) is 13.3. The molecule has 0 unspecified atom stereocenters. The second kappa shape index (κ2) is 4.94. The average molecular weight is 308 g/mol. The number of hydrogen-bond acceptors (Lipinski definition) is 3. The van der Waals surface area contributed by atoms with Crippen molar-refractivity contribution in [3.05, 3.63) is 45.7 Å². The summed E-state index contributed by atoms with van der Waals surface area (Å²) in [6.45, 7) is 4.51. The quantitative estimate of drug-likeness (QED) is 0.700. The largest absolute Gasteiger partial charge is 0.398 e. The van der Waals surface area contributed by atoms with Crippen LogP contribution in [0.3, 0.4) is 0 Å². The van der Waals surface area contributed by atoms with Gasteiger partial charge in [0.15, 0.2) is 0 Å². The van der Waals surface area contributed by atoms with E-state index in [4.69, 9.17) is 5.73 Å². The molecule has 1 aromatic carbocycles.